The molecular weight excluding hydrogens is 448 g/mol. The molecule has 0 fully saturated rings. The molecule has 0 aliphatic heterocycles. The van der Waals surface area contributed by atoms with E-state index in [4.69, 9.17) is 19.6 Å². The molecule has 11 heteroatoms. The van der Waals surface area contributed by atoms with Crippen molar-refractivity contribution in [2.75, 3.05) is 26.2 Å². The van der Waals surface area contributed by atoms with Gasteiger partial charge in [-0.05, 0) is 19.9 Å². The topological polar surface area (TPSA) is 127 Å². The molecule has 4 heterocycles. The number of nitrogens with one attached hydrogen (secondary N) is 2. The van der Waals surface area contributed by atoms with E-state index in [-0.39, 0.29) is 11.6 Å². The number of aromatic nitrogens is 7. The van der Waals surface area contributed by atoms with Gasteiger partial charge in [0, 0.05) is 44.3 Å². The van der Waals surface area contributed by atoms with Gasteiger partial charge in [0.15, 0.2) is 0 Å². The number of aromatic amines is 2. The molecule has 0 spiro atoms. The van der Waals surface area contributed by atoms with Crippen LogP contribution in [0.4, 0.5) is 5.69 Å². The van der Waals surface area contributed by atoms with Gasteiger partial charge in [0.05, 0.1) is 37.0 Å². The molecule has 1 atom stereocenters. The molecule has 4 aromatic heterocycles. The van der Waals surface area contributed by atoms with Gasteiger partial charge in [-0.3, -0.25) is 9.48 Å². The lowest BCUT2D eigenvalue weighted by Gasteiger charge is -2.27. The normalized spacial score (nSPS) is 12.3. The maximum absolute atomic E-state index is 13.5. The van der Waals surface area contributed by atoms with E-state index in [2.05, 4.69) is 19.9 Å². The average molecular weight is 475 g/mol. The number of rotatable bonds is 7. The van der Waals surface area contributed by atoms with Crippen molar-refractivity contribution in [1.82, 2.24) is 34.7 Å². The molecule has 5 rings (SSSR count). The van der Waals surface area contributed by atoms with Crippen molar-refractivity contribution in [1.29, 1.82) is 0 Å². The second-order valence-corrected chi connectivity index (χ2v) is 8.13. The van der Waals surface area contributed by atoms with E-state index in [1.165, 1.54) is 0 Å². The van der Waals surface area contributed by atoms with Crippen LogP contribution in [0.25, 0.3) is 33.5 Å². The Hall–Kier alpha value is -4.41. The highest BCUT2D eigenvalue weighted by Crippen LogP contribution is 2.37. The standard InChI is InChI=1S/C24H26N8O3/c1-6-32-12-16-20(30-32)21(31(3)13(2)22-25-8-7-9-26-22)18(24(33)28-16)23-27-15-10-14(34-4)11-17(35-5)19(15)29-23/h7-13H,6H2,1-5H3,(H,27,29)(H,28,33). The molecule has 0 aliphatic carbocycles. The number of ether oxygens (including phenoxy) is 2. The number of H-pyrrole nitrogens is 2. The lowest BCUT2D eigenvalue weighted by molar-refractivity contribution is 0.397. The van der Waals surface area contributed by atoms with Crippen molar-refractivity contribution in [2.24, 2.45) is 0 Å². The molecule has 0 radical (unpaired) electrons. The summed E-state index contributed by atoms with van der Waals surface area (Å²) in [4.78, 5) is 35.3. The number of imidazole rings is 1. The fraction of sp³-hybridized carbons (Fsp3) is 0.292. The van der Waals surface area contributed by atoms with Gasteiger partial charge in [-0.25, -0.2) is 15.0 Å². The van der Waals surface area contributed by atoms with Crippen LogP contribution in [0.2, 0.25) is 0 Å². The van der Waals surface area contributed by atoms with Crippen LogP contribution in [0.1, 0.15) is 25.7 Å². The van der Waals surface area contributed by atoms with E-state index < -0.39 is 0 Å². The summed E-state index contributed by atoms with van der Waals surface area (Å²) >= 11 is 0. The third-order valence-corrected chi connectivity index (χ3v) is 6.13. The number of benzene rings is 1. The number of aryl methyl sites for hydroxylation is 1. The second-order valence-electron chi connectivity index (χ2n) is 8.13. The third kappa shape index (κ3) is 3.74. The highest BCUT2D eigenvalue weighted by atomic mass is 16.5. The van der Waals surface area contributed by atoms with Gasteiger partial charge in [-0.2, -0.15) is 5.10 Å². The fourth-order valence-electron chi connectivity index (χ4n) is 4.17. The van der Waals surface area contributed by atoms with Gasteiger partial charge >= 0.3 is 0 Å². The largest absolute Gasteiger partial charge is 0.497 e. The number of anilines is 1. The first-order valence-corrected chi connectivity index (χ1v) is 11.2. The summed E-state index contributed by atoms with van der Waals surface area (Å²) in [5.74, 6) is 2.17. The fourth-order valence-corrected chi connectivity index (χ4v) is 4.17. The van der Waals surface area contributed by atoms with Gasteiger partial charge in [-0.1, -0.05) is 0 Å². The third-order valence-electron chi connectivity index (χ3n) is 6.13. The number of nitrogens with zero attached hydrogens (tertiary/aromatic N) is 6. The van der Waals surface area contributed by atoms with Crippen molar-refractivity contribution >= 4 is 27.8 Å². The van der Waals surface area contributed by atoms with Gasteiger partial charge in [0.1, 0.15) is 39.7 Å². The van der Waals surface area contributed by atoms with Gasteiger partial charge in [0.25, 0.3) is 5.56 Å². The molecule has 1 aromatic carbocycles. The Morgan fingerprint density at radius 2 is 1.86 bits per heavy atom. The van der Waals surface area contributed by atoms with Crippen LogP contribution in [0.3, 0.4) is 0 Å². The number of fused-ring (bicyclic) bond motifs is 2. The van der Waals surface area contributed by atoms with E-state index in [0.717, 1.165) is 0 Å². The Balaban J connectivity index is 1.78. The van der Waals surface area contributed by atoms with E-state index in [9.17, 15) is 4.79 Å². The number of pyridine rings is 1. The van der Waals surface area contributed by atoms with E-state index >= 15 is 0 Å². The average Bonchev–Trinajstić information content (AvgIpc) is 3.50. The van der Waals surface area contributed by atoms with Crippen molar-refractivity contribution in [3.63, 3.8) is 0 Å². The molecule has 0 bridgehead atoms. The first-order chi connectivity index (χ1) is 16.9. The van der Waals surface area contributed by atoms with Gasteiger partial charge in [0.2, 0.25) is 0 Å². The lowest BCUT2D eigenvalue weighted by Crippen LogP contribution is -2.27. The number of methoxy groups -OCH3 is 2. The molecule has 1 unspecified atom stereocenters. The minimum atomic E-state index is -0.291. The molecule has 0 saturated heterocycles. The summed E-state index contributed by atoms with van der Waals surface area (Å²) in [6.45, 7) is 4.64. The lowest BCUT2D eigenvalue weighted by atomic mass is 10.1. The molecule has 2 N–H and O–H groups in total. The van der Waals surface area contributed by atoms with E-state index in [1.807, 2.05) is 38.1 Å². The maximum Gasteiger partial charge on any atom is 0.261 e. The van der Waals surface area contributed by atoms with Crippen molar-refractivity contribution < 1.29 is 9.47 Å². The summed E-state index contributed by atoms with van der Waals surface area (Å²) < 4.78 is 12.7. The summed E-state index contributed by atoms with van der Waals surface area (Å²) in [5, 5.41) is 4.75. The van der Waals surface area contributed by atoms with Crippen LogP contribution >= 0.6 is 0 Å². The van der Waals surface area contributed by atoms with Crippen LogP contribution in [0.15, 0.2) is 41.6 Å². The summed E-state index contributed by atoms with van der Waals surface area (Å²) in [7, 11) is 5.05. The predicted molar refractivity (Wildman–Crippen MR) is 133 cm³/mol. The zero-order valence-electron chi connectivity index (χ0n) is 20.2. The second kappa shape index (κ2) is 8.75. The Morgan fingerprint density at radius 3 is 2.54 bits per heavy atom. The highest BCUT2D eigenvalue weighted by molar-refractivity contribution is 5.97. The van der Waals surface area contributed by atoms with Crippen molar-refractivity contribution in [3.05, 3.63) is 53.0 Å². The summed E-state index contributed by atoms with van der Waals surface area (Å²) in [6, 6.07) is 5.10. The van der Waals surface area contributed by atoms with Crippen LogP contribution < -0.4 is 19.9 Å². The van der Waals surface area contributed by atoms with Crippen LogP contribution in [-0.4, -0.2) is 56.0 Å². The quantitative estimate of drug-likeness (QED) is 0.368. The van der Waals surface area contributed by atoms with E-state index in [1.54, 1.807) is 43.4 Å². The SMILES string of the molecule is CCn1cc2[nH]c(=O)c(-c3nc4c(OC)cc(OC)cc4[nH]3)c(N(C)C(C)c3ncccn3)c2n1. The van der Waals surface area contributed by atoms with Crippen molar-refractivity contribution in [2.45, 2.75) is 26.4 Å². The molecule has 180 valence electrons. The van der Waals surface area contributed by atoms with Gasteiger partial charge < -0.3 is 24.3 Å². The Labute approximate surface area is 200 Å². The van der Waals surface area contributed by atoms with E-state index in [0.29, 0.717) is 63.0 Å². The monoisotopic (exact) mass is 474 g/mol. The van der Waals surface area contributed by atoms with Crippen LogP contribution in [-0.2, 0) is 6.54 Å². The summed E-state index contributed by atoms with van der Waals surface area (Å²) in [6.07, 6.45) is 5.23. The first-order valence-electron chi connectivity index (χ1n) is 11.2. The number of hydrogen-bond donors (Lipinski definition) is 2. The van der Waals surface area contributed by atoms with Crippen LogP contribution in [0, 0.1) is 0 Å². The molecule has 0 amide bonds. The molecule has 0 aliphatic rings. The first kappa shape index (κ1) is 22.4. The zero-order valence-corrected chi connectivity index (χ0v) is 20.2. The minimum absolute atomic E-state index is 0.245. The molecule has 11 nitrogen and oxygen atoms in total. The molecule has 5 aromatic rings. The Kier molecular flexibility index (Phi) is 5.59. The highest BCUT2D eigenvalue weighted by Gasteiger charge is 2.27. The minimum Gasteiger partial charge on any atom is -0.497 e. The smallest absolute Gasteiger partial charge is 0.261 e. The summed E-state index contributed by atoms with van der Waals surface area (Å²) in [5.41, 5.74) is 3.26. The predicted octanol–water partition coefficient (Wildman–Crippen LogP) is 3.29. The molecular formula is C24H26N8O3. The van der Waals surface area contributed by atoms with Crippen molar-refractivity contribution in [3.8, 4) is 22.9 Å². The zero-order chi connectivity index (χ0) is 24.7. The Bertz CT molecular complexity index is 1570. The van der Waals surface area contributed by atoms with Crippen LogP contribution in [0.5, 0.6) is 11.5 Å². The maximum atomic E-state index is 13.5. The number of hydrogen-bond acceptors (Lipinski definition) is 8. The molecule has 35 heavy (non-hydrogen) atoms. The Morgan fingerprint density at radius 1 is 1.09 bits per heavy atom. The molecule has 0 saturated carbocycles. The van der Waals surface area contributed by atoms with Gasteiger partial charge in [-0.15, -0.1) is 0 Å².